The summed E-state index contributed by atoms with van der Waals surface area (Å²) in [6.07, 6.45) is 9.10. The highest BCUT2D eigenvalue weighted by Crippen LogP contribution is 2.06. The van der Waals surface area contributed by atoms with E-state index in [1.54, 1.807) is 0 Å². The van der Waals surface area contributed by atoms with E-state index in [-0.39, 0.29) is 6.61 Å². The van der Waals surface area contributed by atoms with Gasteiger partial charge in [-0.25, -0.2) is 0 Å². The second-order valence-corrected chi connectivity index (χ2v) is 3.78. The lowest BCUT2D eigenvalue weighted by Crippen LogP contribution is -2.05. The molecule has 92 valence electrons. The number of aliphatic hydroxyl groups excluding tert-OH is 1. The van der Waals surface area contributed by atoms with Gasteiger partial charge in [0.15, 0.2) is 0 Å². The van der Waals surface area contributed by atoms with E-state index in [1.807, 2.05) is 0 Å². The van der Waals surface area contributed by atoms with Crippen LogP contribution in [0.4, 0.5) is 0 Å². The summed E-state index contributed by atoms with van der Waals surface area (Å²) in [5, 5.41) is 8.43. The lowest BCUT2D eigenvalue weighted by Gasteiger charge is -2.04. The van der Waals surface area contributed by atoms with Gasteiger partial charge in [0, 0.05) is 6.61 Å². The predicted octanol–water partition coefficient (Wildman–Crippen LogP) is 2.72. The molecule has 0 saturated heterocycles. The van der Waals surface area contributed by atoms with Crippen LogP contribution < -0.4 is 0 Å². The summed E-state index contributed by atoms with van der Waals surface area (Å²) < 4.78 is 10.2. The highest BCUT2D eigenvalue weighted by molar-refractivity contribution is 4.44. The number of aliphatic hydroxyl groups is 1. The van der Waals surface area contributed by atoms with Crippen LogP contribution in [0.3, 0.4) is 0 Å². The molecule has 0 saturated carbocycles. The molecule has 0 aromatic carbocycles. The van der Waals surface area contributed by atoms with E-state index in [9.17, 15) is 0 Å². The summed E-state index contributed by atoms with van der Waals surface area (Å²) >= 11 is 0. The molecule has 0 spiro atoms. The summed E-state index contributed by atoms with van der Waals surface area (Å²) in [5.41, 5.74) is 0. The molecule has 3 heteroatoms. The van der Waals surface area contributed by atoms with Crippen LogP contribution in [0.5, 0.6) is 0 Å². The standard InChI is InChI=1S/C12H26O3/c1-2-3-4-5-6-7-8-10-14-12-15-11-9-13/h13H,2-12H2,1H3. The predicted molar refractivity (Wildman–Crippen MR) is 61.8 cm³/mol. The third-order valence-electron chi connectivity index (χ3n) is 2.29. The quantitative estimate of drug-likeness (QED) is 0.404. The van der Waals surface area contributed by atoms with Gasteiger partial charge in [-0.15, -0.1) is 0 Å². The van der Waals surface area contributed by atoms with Gasteiger partial charge in [-0.05, 0) is 6.42 Å². The Hall–Kier alpha value is -0.120. The van der Waals surface area contributed by atoms with Gasteiger partial charge in [0.05, 0.1) is 13.2 Å². The summed E-state index contributed by atoms with van der Waals surface area (Å²) in [6.45, 7) is 3.77. The van der Waals surface area contributed by atoms with Crippen molar-refractivity contribution < 1.29 is 14.6 Å². The summed E-state index contributed by atoms with van der Waals surface area (Å²) in [4.78, 5) is 0. The zero-order valence-corrected chi connectivity index (χ0v) is 10.0. The van der Waals surface area contributed by atoms with E-state index in [1.165, 1.54) is 38.5 Å². The summed E-state index contributed by atoms with van der Waals surface area (Å²) in [7, 11) is 0. The Balaban J connectivity index is 2.81. The minimum Gasteiger partial charge on any atom is -0.394 e. The second kappa shape index (κ2) is 13.9. The smallest absolute Gasteiger partial charge is 0.146 e. The van der Waals surface area contributed by atoms with E-state index in [0.29, 0.717) is 13.4 Å². The monoisotopic (exact) mass is 218 g/mol. The molecule has 0 unspecified atom stereocenters. The third-order valence-corrected chi connectivity index (χ3v) is 2.29. The van der Waals surface area contributed by atoms with Crippen molar-refractivity contribution >= 4 is 0 Å². The molecule has 0 aromatic heterocycles. The number of ether oxygens (including phenoxy) is 2. The average Bonchev–Trinajstić information content (AvgIpc) is 2.26. The van der Waals surface area contributed by atoms with Crippen molar-refractivity contribution in [1.82, 2.24) is 0 Å². The molecule has 0 rings (SSSR count). The zero-order chi connectivity index (χ0) is 11.2. The fourth-order valence-electron chi connectivity index (χ4n) is 1.40. The fraction of sp³-hybridized carbons (Fsp3) is 1.00. The van der Waals surface area contributed by atoms with Gasteiger partial charge < -0.3 is 14.6 Å². The van der Waals surface area contributed by atoms with E-state index in [0.717, 1.165) is 13.0 Å². The molecule has 0 radical (unpaired) electrons. The Morgan fingerprint density at radius 1 is 0.800 bits per heavy atom. The first-order valence-electron chi connectivity index (χ1n) is 6.18. The van der Waals surface area contributed by atoms with Gasteiger partial charge in [-0.1, -0.05) is 45.4 Å². The van der Waals surface area contributed by atoms with Crippen LogP contribution in [0.2, 0.25) is 0 Å². The van der Waals surface area contributed by atoms with Gasteiger partial charge in [0.2, 0.25) is 0 Å². The molecule has 0 heterocycles. The first-order chi connectivity index (χ1) is 7.41. The average molecular weight is 218 g/mol. The maximum absolute atomic E-state index is 8.43. The zero-order valence-electron chi connectivity index (χ0n) is 10.0. The maximum atomic E-state index is 8.43. The Morgan fingerprint density at radius 3 is 2.07 bits per heavy atom. The Morgan fingerprint density at radius 2 is 1.40 bits per heavy atom. The Kier molecular flexibility index (Phi) is 13.8. The second-order valence-electron chi connectivity index (χ2n) is 3.78. The minimum absolute atomic E-state index is 0.0702. The van der Waals surface area contributed by atoms with Gasteiger partial charge in [0.1, 0.15) is 6.79 Å². The normalized spacial score (nSPS) is 10.8. The van der Waals surface area contributed by atoms with Crippen LogP contribution in [-0.4, -0.2) is 31.7 Å². The highest BCUT2D eigenvalue weighted by Gasteiger charge is 1.91. The molecule has 0 aliphatic carbocycles. The lowest BCUT2D eigenvalue weighted by atomic mass is 10.1. The van der Waals surface area contributed by atoms with E-state index >= 15 is 0 Å². The number of unbranched alkanes of at least 4 members (excludes halogenated alkanes) is 6. The molecule has 0 bridgehead atoms. The highest BCUT2D eigenvalue weighted by atomic mass is 16.7. The largest absolute Gasteiger partial charge is 0.394 e. The SMILES string of the molecule is CCCCCCCCCOCOCCO. The van der Waals surface area contributed by atoms with Crippen molar-refractivity contribution in [1.29, 1.82) is 0 Å². The van der Waals surface area contributed by atoms with Crippen LogP contribution in [0.1, 0.15) is 51.9 Å². The van der Waals surface area contributed by atoms with Gasteiger partial charge in [0.25, 0.3) is 0 Å². The van der Waals surface area contributed by atoms with Crippen LogP contribution in [0, 0.1) is 0 Å². The van der Waals surface area contributed by atoms with Crippen LogP contribution >= 0.6 is 0 Å². The number of hydrogen-bond donors (Lipinski definition) is 1. The summed E-state index contributed by atoms with van der Waals surface area (Å²) in [5.74, 6) is 0. The van der Waals surface area contributed by atoms with E-state index in [4.69, 9.17) is 14.6 Å². The van der Waals surface area contributed by atoms with Gasteiger partial charge in [-0.2, -0.15) is 0 Å². The van der Waals surface area contributed by atoms with Crippen molar-refractivity contribution in [2.45, 2.75) is 51.9 Å². The Bertz CT molecular complexity index is 95.0. The molecule has 3 nitrogen and oxygen atoms in total. The van der Waals surface area contributed by atoms with Crippen LogP contribution in [-0.2, 0) is 9.47 Å². The van der Waals surface area contributed by atoms with Crippen LogP contribution in [0.25, 0.3) is 0 Å². The molecule has 0 aliphatic heterocycles. The number of rotatable bonds is 12. The molecular weight excluding hydrogens is 192 g/mol. The van der Waals surface area contributed by atoms with Gasteiger partial charge in [-0.3, -0.25) is 0 Å². The molecule has 0 aromatic rings. The van der Waals surface area contributed by atoms with Crippen molar-refractivity contribution in [3.63, 3.8) is 0 Å². The first-order valence-corrected chi connectivity index (χ1v) is 6.18. The van der Waals surface area contributed by atoms with Gasteiger partial charge >= 0.3 is 0 Å². The molecule has 0 aliphatic rings. The lowest BCUT2D eigenvalue weighted by molar-refractivity contribution is -0.0630. The Labute approximate surface area is 93.8 Å². The summed E-state index contributed by atoms with van der Waals surface area (Å²) in [6, 6.07) is 0. The third kappa shape index (κ3) is 13.9. The molecule has 0 amide bonds. The van der Waals surface area contributed by atoms with E-state index in [2.05, 4.69) is 6.92 Å². The molecular formula is C12H26O3. The molecule has 0 fully saturated rings. The number of hydrogen-bond acceptors (Lipinski definition) is 3. The van der Waals surface area contributed by atoms with Crippen molar-refractivity contribution in [3.05, 3.63) is 0 Å². The van der Waals surface area contributed by atoms with E-state index < -0.39 is 0 Å². The van der Waals surface area contributed by atoms with Crippen LogP contribution in [0.15, 0.2) is 0 Å². The van der Waals surface area contributed by atoms with Crippen molar-refractivity contribution in [2.75, 3.05) is 26.6 Å². The minimum atomic E-state index is 0.0702. The first kappa shape index (κ1) is 14.9. The molecule has 1 N–H and O–H groups in total. The molecule has 15 heavy (non-hydrogen) atoms. The van der Waals surface area contributed by atoms with Crippen molar-refractivity contribution in [3.8, 4) is 0 Å². The fourth-order valence-corrected chi connectivity index (χ4v) is 1.40. The molecule has 0 atom stereocenters. The van der Waals surface area contributed by atoms with Crippen molar-refractivity contribution in [2.24, 2.45) is 0 Å². The topological polar surface area (TPSA) is 38.7 Å². The maximum Gasteiger partial charge on any atom is 0.146 e.